The van der Waals surface area contributed by atoms with Crippen molar-refractivity contribution in [1.82, 2.24) is 15.2 Å². The highest BCUT2D eigenvalue weighted by Gasteiger charge is 1.98. The summed E-state index contributed by atoms with van der Waals surface area (Å²) in [6.07, 6.45) is 10.2. The molecule has 134 valence electrons. The number of nitrogens with zero attached hydrogens (tertiary/aromatic N) is 2. The standard InChI is InChI=1S/C23H22N4/c1-27(2)22-11-6-17(7-12-22)4-9-20-16-21(26-25-20)10-5-18-3-8-19-13-14-24-23(19)15-18/h3-16,24H,1-2H3,(H,25,26). The van der Waals surface area contributed by atoms with Gasteiger partial charge in [-0.25, -0.2) is 0 Å². The minimum absolute atomic E-state index is 0.907. The minimum atomic E-state index is 0.907. The van der Waals surface area contributed by atoms with Gasteiger partial charge in [0.05, 0.1) is 11.4 Å². The zero-order valence-corrected chi connectivity index (χ0v) is 15.5. The molecule has 4 aromatic rings. The van der Waals surface area contributed by atoms with Gasteiger partial charge in [-0.3, -0.25) is 5.10 Å². The van der Waals surface area contributed by atoms with Crippen molar-refractivity contribution in [2.45, 2.75) is 0 Å². The summed E-state index contributed by atoms with van der Waals surface area (Å²) in [7, 11) is 4.08. The van der Waals surface area contributed by atoms with E-state index in [4.69, 9.17) is 0 Å². The Morgan fingerprint density at radius 2 is 1.59 bits per heavy atom. The van der Waals surface area contributed by atoms with E-state index in [1.54, 1.807) is 0 Å². The van der Waals surface area contributed by atoms with Gasteiger partial charge in [0, 0.05) is 31.5 Å². The number of rotatable bonds is 5. The van der Waals surface area contributed by atoms with Gasteiger partial charge in [0.2, 0.25) is 0 Å². The average molecular weight is 354 g/mol. The van der Waals surface area contributed by atoms with Crippen LogP contribution in [0, 0.1) is 0 Å². The average Bonchev–Trinajstić information content (AvgIpc) is 3.33. The van der Waals surface area contributed by atoms with E-state index in [1.165, 1.54) is 11.1 Å². The number of aromatic nitrogens is 3. The molecule has 0 saturated carbocycles. The van der Waals surface area contributed by atoms with Crippen LogP contribution in [0.4, 0.5) is 5.69 Å². The molecular formula is C23H22N4. The summed E-state index contributed by atoms with van der Waals surface area (Å²) in [5.74, 6) is 0. The fraction of sp³-hybridized carbons (Fsp3) is 0.0870. The second-order valence-corrected chi connectivity index (χ2v) is 6.73. The number of fused-ring (bicyclic) bond motifs is 1. The van der Waals surface area contributed by atoms with E-state index in [0.717, 1.165) is 28.0 Å². The number of hydrogen-bond donors (Lipinski definition) is 2. The van der Waals surface area contributed by atoms with Crippen LogP contribution in [0.25, 0.3) is 35.2 Å². The third-order valence-corrected chi connectivity index (χ3v) is 4.51. The maximum absolute atomic E-state index is 4.36. The Morgan fingerprint density at radius 3 is 2.41 bits per heavy atom. The Balaban J connectivity index is 1.44. The molecule has 0 aliphatic rings. The lowest BCUT2D eigenvalue weighted by Gasteiger charge is -2.11. The second kappa shape index (κ2) is 7.38. The van der Waals surface area contributed by atoms with Crippen LogP contribution in [0.15, 0.2) is 60.8 Å². The molecular weight excluding hydrogens is 332 g/mol. The summed E-state index contributed by atoms with van der Waals surface area (Å²) in [6.45, 7) is 0. The Bertz CT molecular complexity index is 1090. The Morgan fingerprint density at radius 1 is 0.815 bits per heavy atom. The molecule has 0 aliphatic carbocycles. The van der Waals surface area contributed by atoms with Crippen LogP contribution < -0.4 is 4.90 Å². The quantitative estimate of drug-likeness (QED) is 0.511. The van der Waals surface area contributed by atoms with Crippen molar-refractivity contribution in [1.29, 1.82) is 0 Å². The molecule has 0 fully saturated rings. The second-order valence-electron chi connectivity index (χ2n) is 6.73. The summed E-state index contributed by atoms with van der Waals surface area (Å²) < 4.78 is 0. The minimum Gasteiger partial charge on any atom is -0.378 e. The number of aromatic amines is 2. The van der Waals surface area contributed by atoms with Crippen LogP contribution in [0.5, 0.6) is 0 Å². The SMILES string of the molecule is CN(C)c1ccc(C=Cc2cc(C=Cc3ccc4cc[nH]c4c3)n[nH]2)cc1. The number of anilines is 1. The fourth-order valence-corrected chi connectivity index (χ4v) is 2.94. The van der Waals surface area contributed by atoms with Crippen molar-refractivity contribution in [3.05, 3.63) is 83.3 Å². The molecule has 2 aromatic carbocycles. The van der Waals surface area contributed by atoms with E-state index < -0.39 is 0 Å². The Labute approximate surface area is 158 Å². The molecule has 2 N–H and O–H groups in total. The molecule has 4 heteroatoms. The van der Waals surface area contributed by atoms with Gasteiger partial charge in [-0.05, 0) is 59.0 Å². The third kappa shape index (κ3) is 4.01. The molecule has 0 aliphatic heterocycles. The first-order valence-electron chi connectivity index (χ1n) is 8.93. The van der Waals surface area contributed by atoms with Crippen LogP contribution in [0.1, 0.15) is 22.5 Å². The van der Waals surface area contributed by atoms with Crippen molar-refractivity contribution in [3.8, 4) is 0 Å². The van der Waals surface area contributed by atoms with E-state index in [9.17, 15) is 0 Å². The van der Waals surface area contributed by atoms with Gasteiger partial charge in [0.15, 0.2) is 0 Å². The first kappa shape index (κ1) is 16.9. The van der Waals surface area contributed by atoms with E-state index in [2.05, 4.69) is 80.8 Å². The molecule has 4 nitrogen and oxygen atoms in total. The zero-order valence-electron chi connectivity index (χ0n) is 15.5. The van der Waals surface area contributed by atoms with Crippen LogP contribution in [-0.2, 0) is 0 Å². The van der Waals surface area contributed by atoms with Gasteiger partial charge in [-0.1, -0.05) is 36.4 Å². The highest BCUT2D eigenvalue weighted by Crippen LogP contribution is 2.17. The summed E-state index contributed by atoms with van der Waals surface area (Å²) in [5, 5.41) is 8.64. The van der Waals surface area contributed by atoms with Gasteiger partial charge < -0.3 is 9.88 Å². The molecule has 0 saturated heterocycles. The van der Waals surface area contributed by atoms with Crippen molar-refractivity contribution in [2.75, 3.05) is 19.0 Å². The largest absolute Gasteiger partial charge is 0.378 e. The molecule has 0 atom stereocenters. The summed E-state index contributed by atoms with van der Waals surface area (Å²) in [4.78, 5) is 5.33. The van der Waals surface area contributed by atoms with Gasteiger partial charge in [-0.15, -0.1) is 0 Å². The van der Waals surface area contributed by atoms with Crippen molar-refractivity contribution >= 4 is 40.9 Å². The van der Waals surface area contributed by atoms with E-state index in [-0.39, 0.29) is 0 Å². The molecule has 4 rings (SSSR count). The lowest BCUT2D eigenvalue weighted by Crippen LogP contribution is -2.07. The molecule has 27 heavy (non-hydrogen) atoms. The van der Waals surface area contributed by atoms with Crippen molar-refractivity contribution in [2.24, 2.45) is 0 Å². The van der Waals surface area contributed by atoms with Gasteiger partial charge in [0.1, 0.15) is 0 Å². The van der Waals surface area contributed by atoms with Crippen molar-refractivity contribution in [3.63, 3.8) is 0 Å². The number of nitrogens with one attached hydrogen (secondary N) is 2. The highest BCUT2D eigenvalue weighted by atomic mass is 15.1. The molecule has 0 bridgehead atoms. The molecule has 2 heterocycles. The zero-order chi connectivity index (χ0) is 18.6. The number of H-pyrrole nitrogens is 2. The van der Waals surface area contributed by atoms with E-state index >= 15 is 0 Å². The van der Waals surface area contributed by atoms with E-state index in [1.807, 2.05) is 38.5 Å². The molecule has 0 radical (unpaired) electrons. The molecule has 0 unspecified atom stereocenters. The summed E-state index contributed by atoms with van der Waals surface area (Å²) >= 11 is 0. The normalized spacial score (nSPS) is 11.8. The van der Waals surface area contributed by atoms with Crippen LogP contribution in [0.3, 0.4) is 0 Å². The predicted molar refractivity (Wildman–Crippen MR) is 116 cm³/mol. The maximum atomic E-state index is 4.36. The lowest BCUT2D eigenvalue weighted by molar-refractivity contribution is 1.07. The molecule has 0 spiro atoms. The monoisotopic (exact) mass is 354 g/mol. The predicted octanol–water partition coefficient (Wildman–Crippen LogP) is 5.30. The summed E-state index contributed by atoms with van der Waals surface area (Å²) in [5.41, 5.74) is 6.52. The molecule has 2 aromatic heterocycles. The first-order valence-corrected chi connectivity index (χ1v) is 8.93. The van der Waals surface area contributed by atoms with Crippen molar-refractivity contribution < 1.29 is 0 Å². The van der Waals surface area contributed by atoms with Gasteiger partial charge in [-0.2, -0.15) is 5.10 Å². The number of benzene rings is 2. The fourth-order valence-electron chi connectivity index (χ4n) is 2.94. The first-order chi connectivity index (χ1) is 13.2. The van der Waals surface area contributed by atoms with Gasteiger partial charge >= 0.3 is 0 Å². The lowest BCUT2D eigenvalue weighted by atomic mass is 10.1. The maximum Gasteiger partial charge on any atom is 0.0854 e. The van der Waals surface area contributed by atoms with E-state index in [0.29, 0.717) is 0 Å². The summed E-state index contributed by atoms with van der Waals surface area (Å²) in [6, 6.07) is 18.9. The Hall–Kier alpha value is -3.53. The highest BCUT2D eigenvalue weighted by molar-refractivity contribution is 5.83. The van der Waals surface area contributed by atoms with Gasteiger partial charge in [0.25, 0.3) is 0 Å². The smallest absolute Gasteiger partial charge is 0.0854 e. The molecule has 0 amide bonds. The topological polar surface area (TPSA) is 47.7 Å². The van der Waals surface area contributed by atoms with Crippen LogP contribution >= 0.6 is 0 Å². The third-order valence-electron chi connectivity index (χ3n) is 4.51. The Kier molecular flexibility index (Phi) is 4.62. The van der Waals surface area contributed by atoms with Crippen LogP contribution in [-0.4, -0.2) is 29.3 Å². The van der Waals surface area contributed by atoms with Crippen LogP contribution in [0.2, 0.25) is 0 Å². The number of hydrogen-bond acceptors (Lipinski definition) is 2.